The molecule has 1 heterocycles. The molecule has 0 aliphatic heterocycles. The highest BCUT2D eigenvalue weighted by molar-refractivity contribution is 5.88. The van der Waals surface area contributed by atoms with Crippen LogP contribution in [0.25, 0.3) is 0 Å². The summed E-state index contributed by atoms with van der Waals surface area (Å²) in [6.45, 7) is 6.00. The van der Waals surface area contributed by atoms with Gasteiger partial charge in [0.15, 0.2) is 6.73 Å². The predicted octanol–water partition coefficient (Wildman–Crippen LogP) is 3.16. The van der Waals surface area contributed by atoms with Crippen molar-refractivity contribution >= 4 is 11.7 Å². The molecule has 1 aromatic heterocycles. The molecule has 2 N–H and O–H groups in total. The number of nitrogens with zero attached hydrogens (tertiary/aromatic N) is 1. The first-order valence-electron chi connectivity index (χ1n) is 6.72. The number of aryl methyl sites for hydroxylation is 3. The molecule has 2 aromatic rings. The van der Waals surface area contributed by atoms with Gasteiger partial charge in [0.2, 0.25) is 0 Å². The first kappa shape index (κ1) is 14.8. The molecule has 110 valence electrons. The summed E-state index contributed by atoms with van der Waals surface area (Å²) in [4.78, 5) is 15.8. The second kappa shape index (κ2) is 6.74. The van der Waals surface area contributed by atoms with Crippen LogP contribution in [0.1, 0.15) is 16.8 Å². The van der Waals surface area contributed by atoms with Crippen LogP contribution in [0.3, 0.4) is 0 Å². The molecule has 0 aliphatic rings. The molecule has 0 radical (unpaired) electrons. The minimum atomic E-state index is -0.328. The summed E-state index contributed by atoms with van der Waals surface area (Å²) in [6.07, 6.45) is 1.61. The van der Waals surface area contributed by atoms with Crippen molar-refractivity contribution in [2.45, 2.75) is 20.8 Å². The topological polar surface area (TPSA) is 63.2 Å². The Labute approximate surface area is 124 Å². The number of carbonyl (C=O) groups is 1. The maximum Gasteiger partial charge on any atom is 0.321 e. The summed E-state index contributed by atoms with van der Waals surface area (Å²) in [7, 11) is 0. The molecule has 0 bridgehead atoms. The molecule has 0 saturated carbocycles. The third-order valence-corrected chi connectivity index (χ3v) is 2.96. The number of aromatic nitrogens is 1. The molecule has 0 unspecified atom stereocenters. The Bertz CT molecular complexity index is 624. The van der Waals surface area contributed by atoms with Crippen molar-refractivity contribution < 1.29 is 9.53 Å². The first-order valence-corrected chi connectivity index (χ1v) is 6.72. The van der Waals surface area contributed by atoms with Crippen LogP contribution in [-0.2, 0) is 0 Å². The number of hydrogen-bond donors (Lipinski definition) is 2. The van der Waals surface area contributed by atoms with E-state index in [0.717, 1.165) is 17.0 Å². The number of pyridine rings is 1. The minimum absolute atomic E-state index is 0.106. The molecule has 0 fully saturated rings. The number of nitrogens with one attached hydrogen (secondary N) is 2. The van der Waals surface area contributed by atoms with Gasteiger partial charge in [0.1, 0.15) is 5.75 Å². The van der Waals surface area contributed by atoms with E-state index in [1.165, 1.54) is 5.56 Å². The third kappa shape index (κ3) is 4.49. The van der Waals surface area contributed by atoms with Gasteiger partial charge in [0.05, 0.1) is 11.9 Å². The number of hydrogen-bond acceptors (Lipinski definition) is 3. The number of amides is 2. The summed E-state index contributed by atoms with van der Waals surface area (Å²) in [5, 5.41) is 5.32. The van der Waals surface area contributed by atoms with Crippen molar-refractivity contribution in [3.8, 4) is 5.75 Å². The van der Waals surface area contributed by atoms with Crippen molar-refractivity contribution in [3.05, 3.63) is 53.3 Å². The molecule has 0 atom stereocenters. The normalized spacial score (nSPS) is 10.0. The van der Waals surface area contributed by atoms with E-state index in [0.29, 0.717) is 5.69 Å². The maximum atomic E-state index is 11.7. The fraction of sp³-hybridized carbons (Fsp3) is 0.250. The van der Waals surface area contributed by atoms with Crippen LogP contribution in [-0.4, -0.2) is 17.7 Å². The lowest BCUT2D eigenvalue weighted by Crippen LogP contribution is -2.32. The van der Waals surface area contributed by atoms with Gasteiger partial charge in [-0.1, -0.05) is 17.7 Å². The molecular formula is C16H19N3O2. The average molecular weight is 285 g/mol. The van der Waals surface area contributed by atoms with Gasteiger partial charge in [0.25, 0.3) is 0 Å². The van der Waals surface area contributed by atoms with Crippen molar-refractivity contribution in [1.82, 2.24) is 10.3 Å². The highest BCUT2D eigenvalue weighted by Gasteiger charge is 2.03. The van der Waals surface area contributed by atoms with Gasteiger partial charge < -0.3 is 15.4 Å². The Balaban J connectivity index is 1.80. The van der Waals surface area contributed by atoms with E-state index in [2.05, 4.69) is 15.6 Å². The Morgan fingerprint density at radius 1 is 1.19 bits per heavy atom. The van der Waals surface area contributed by atoms with Crippen molar-refractivity contribution in [2.75, 3.05) is 12.0 Å². The zero-order valence-corrected chi connectivity index (χ0v) is 12.4. The fourth-order valence-electron chi connectivity index (χ4n) is 1.86. The molecule has 5 heteroatoms. The quantitative estimate of drug-likeness (QED) is 0.848. The van der Waals surface area contributed by atoms with Crippen LogP contribution in [0, 0.1) is 20.8 Å². The largest absolute Gasteiger partial charge is 0.473 e. The van der Waals surface area contributed by atoms with Crippen LogP contribution >= 0.6 is 0 Å². The Hall–Kier alpha value is -2.56. The smallest absolute Gasteiger partial charge is 0.321 e. The van der Waals surface area contributed by atoms with Crippen LogP contribution in [0.15, 0.2) is 36.5 Å². The molecule has 1 aromatic carbocycles. The number of rotatable bonds is 4. The van der Waals surface area contributed by atoms with Gasteiger partial charge in [0, 0.05) is 5.69 Å². The van der Waals surface area contributed by atoms with Crippen molar-refractivity contribution in [1.29, 1.82) is 0 Å². The number of urea groups is 1. The molecule has 5 nitrogen and oxygen atoms in total. The second-order valence-electron chi connectivity index (χ2n) is 4.88. The molecule has 0 spiro atoms. The lowest BCUT2D eigenvalue weighted by molar-refractivity contribution is 0.234. The Kier molecular flexibility index (Phi) is 4.77. The van der Waals surface area contributed by atoms with E-state index in [4.69, 9.17) is 4.74 Å². The van der Waals surface area contributed by atoms with Crippen molar-refractivity contribution in [3.63, 3.8) is 0 Å². The number of carbonyl (C=O) groups excluding carboxylic acids is 1. The van der Waals surface area contributed by atoms with E-state index >= 15 is 0 Å². The lowest BCUT2D eigenvalue weighted by Gasteiger charge is -2.11. The zero-order chi connectivity index (χ0) is 15.2. The van der Waals surface area contributed by atoms with E-state index in [1.807, 2.05) is 45.0 Å². The fourth-order valence-corrected chi connectivity index (χ4v) is 1.86. The van der Waals surface area contributed by atoms with Gasteiger partial charge in [-0.3, -0.25) is 4.98 Å². The van der Waals surface area contributed by atoms with E-state index in [9.17, 15) is 4.79 Å². The number of anilines is 1. The molecule has 0 aliphatic carbocycles. The average Bonchev–Trinajstić information content (AvgIpc) is 2.44. The summed E-state index contributed by atoms with van der Waals surface area (Å²) in [5.74, 6) is 0.762. The summed E-state index contributed by atoms with van der Waals surface area (Å²) in [6, 6.07) is 9.21. The van der Waals surface area contributed by atoms with Crippen LogP contribution in [0.4, 0.5) is 10.5 Å². The Morgan fingerprint density at radius 3 is 2.67 bits per heavy atom. The minimum Gasteiger partial charge on any atom is -0.473 e. The van der Waals surface area contributed by atoms with Crippen LogP contribution in [0.2, 0.25) is 0 Å². The standard InChI is InChI=1S/C16H19N3O2/c1-11-4-7-15(12(2)8-11)21-10-18-16(20)19-14-6-5-13(3)17-9-14/h4-9H,10H2,1-3H3,(H2,18,19,20). The molecule has 21 heavy (non-hydrogen) atoms. The maximum absolute atomic E-state index is 11.7. The summed E-state index contributed by atoms with van der Waals surface area (Å²) < 4.78 is 5.53. The third-order valence-electron chi connectivity index (χ3n) is 2.96. The van der Waals surface area contributed by atoms with E-state index < -0.39 is 0 Å². The van der Waals surface area contributed by atoms with Crippen LogP contribution < -0.4 is 15.4 Å². The highest BCUT2D eigenvalue weighted by Crippen LogP contribution is 2.18. The Morgan fingerprint density at radius 2 is 2.00 bits per heavy atom. The number of benzene rings is 1. The highest BCUT2D eigenvalue weighted by atomic mass is 16.5. The van der Waals surface area contributed by atoms with Gasteiger partial charge in [-0.25, -0.2) is 4.79 Å². The second-order valence-corrected chi connectivity index (χ2v) is 4.88. The van der Waals surface area contributed by atoms with Gasteiger partial charge >= 0.3 is 6.03 Å². The molecule has 2 rings (SSSR count). The molecular weight excluding hydrogens is 266 g/mol. The van der Waals surface area contributed by atoms with Gasteiger partial charge in [-0.15, -0.1) is 0 Å². The van der Waals surface area contributed by atoms with Gasteiger partial charge in [-0.05, 0) is 44.5 Å². The van der Waals surface area contributed by atoms with Crippen molar-refractivity contribution in [2.24, 2.45) is 0 Å². The molecule has 2 amide bonds. The lowest BCUT2D eigenvalue weighted by atomic mass is 10.1. The van der Waals surface area contributed by atoms with E-state index in [-0.39, 0.29) is 12.8 Å². The summed E-state index contributed by atoms with van der Waals surface area (Å²) >= 11 is 0. The monoisotopic (exact) mass is 285 g/mol. The van der Waals surface area contributed by atoms with Gasteiger partial charge in [-0.2, -0.15) is 0 Å². The molecule has 0 saturated heterocycles. The number of ether oxygens (including phenoxy) is 1. The predicted molar refractivity (Wildman–Crippen MR) is 82.5 cm³/mol. The first-order chi connectivity index (χ1) is 10.0. The zero-order valence-electron chi connectivity index (χ0n) is 12.4. The summed E-state index contributed by atoms with van der Waals surface area (Å²) in [5.41, 5.74) is 3.76. The van der Waals surface area contributed by atoms with E-state index in [1.54, 1.807) is 12.3 Å². The van der Waals surface area contributed by atoms with Crippen LogP contribution in [0.5, 0.6) is 5.75 Å². The SMILES string of the molecule is Cc1ccc(OCNC(=O)Nc2ccc(C)nc2)c(C)c1.